The second kappa shape index (κ2) is 10.5. The van der Waals surface area contributed by atoms with Gasteiger partial charge in [0.1, 0.15) is 17.9 Å². The van der Waals surface area contributed by atoms with E-state index in [0.29, 0.717) is 13.8 Å². The van der Waals surface area contributed by atoms with Gasteiger partial charge in [0, 0.05) is 12.0 Å². The Bertz CT molecular complexity index is 779. The number of nitrogens with zero attached hydrogens (tertiary/aromatic N) is 3. The average Bonchev–Trinajstić information content (AvgIpc) is 2.58. The molecule has 1 aliphatic carbocycles. The molecule has 1 aromatic heterocycles. The van der Waals surface area contributed by atoms with Crippen molar-refractivity contribution in [2.24, 2.45) is 0 Å². The summed E-state index contributed by atoms with van der Waals surface area (Å²) in [5, 5.41) is 13.0. The number of rotatable bonds is 5. The first kappa shape index (κ1) is 30.4. The minimum Gasteiger partial charge on any atom is -0.380 e. The van der Waals surface area contributed by atoms with Crippen LogP contribution in [0.1, 0.15) is 32.5 Å². The topological polar surface area (TPSA) is 83.0 Å². The fourth-order valence-corrected chi connectivity index (χ4v) is 2.31. The van der Waals surface area contributed by atoms with Crippen molar-refractivity contribution in [2.45, 2.75) is 63.2 Å². The van der Waals surface area contributed by atoms with Gasteiger partial charge in [-0.25, -0.2) is 13.2 Å². The van der Waals surface area contributed by atoms with Crippen molar-refractivity contribution in [1.82, 2.24) is 15.0 Å². The van der Waals surface area contributed by atoms with Crippen molar-refractivity contribution in [1.29, 1.82) is 0 Å². The zero-order valence-corrected chi connectivity index (χ0v) is 18.3. The number of halogens is 9. The summed E-state index contributed by atoms with van der Waals surface area (Å²) in [7, 11) is 0. The van der Waals surface area contributed by atoms with E-state index in [4.69, 9.17) is 0 Å². The van der Waals surface area contributed by atoms with Gasteiger partial charge in [-0.3, -0.25) is 0 Å². The summed E-state index contributed by atoms with van der Waals surface area (Å²) in [6.45, 7) is 1.33. The molecule has 32 heavy (non-hydrogen) atoms. The minimum atomic E-state index is -4.78. The molecule has 1 aromatic rings. The van der Waals surface area contributed by atoms with Gasteiger partial charge in [-0.15, -0.1) is 0 Å². The Labute approximate surface area is 190 Å². The number of aromatic nitrogens is 3. The molecule has 6 nitrogen and oxygen atoms in total. The summed E-state index contributed by atoms with van der Waals surface area (Å²) in [5.74, 6) is -8.06. The second-order valence-corrected chi connectivity index (χ2v) is 6.61. The molecule has 3 atom stereocenters. The lowest BCUT2D eigenvalue weighted by Crippen LogP contribution is -2.38. The first-order chi connectivity index (χ1) is 13.5. The molecule has 0 radical (unpaired) electrons. The normalized spacial score (nSPS) is 20.6. The molecule has 0 aliphatic heterocycles. The van der Waals surface area contributed by atoms with E-state index in [1.807, 2.05) is 0 Å². The van der Waals surface area contributed by atoms with E-state index in [1.54, 1.807) is 10.6 Å². The molecule has 0 spiro atoms. The fraction of sp³-hybridized carbons (Fsp3) is 0.667. The SMILES string of the molecule is C[C@H](Nc1nc(N[C@@H](C)C(F)(F)F)nc(C2=C(F)C(O)C(F)(F)CC2)n1)C(F)(F)F.S.S. The summed E-state index contributed by atoms with van der Waals surface area (Å²) < 4.78 is 118. The van der Waals surface area contributed by atoms with Gasteiger partial charge < -0.3 is 15.7 Å². The molecular weight excluding hydrogens is 501 g/mol. The van der Waals surface area contributed by atoms with Crippen molar-refractivity contribution in [3.8, 4) is 0 Å². The molecule has 0 fully saturated rings. The van der Waals surface area contributed by atoms with Crippen molar-refractivity contribution in [3.63, 3.8) is 0 Å². The lowest BCUT2D eigenvalue weighted by atomic mass is 9.92. The largest absolute Gasteiger partial charge is 0.408 e. The summed E-state index contributed by atoms with van der Waals surface area (Å²) in [6, 6.07) is -4.50. The maximum atomic E-state index is 14.2. The highest BCUT2D eigenvalue weighted by molar-refractivity contribution is 7.59. The predicted octanol–water partition coefficient (Wildman–Crippen LogP) is 4.29. The molecule has 0 saturated carbocycles. The number of aliphatic hydroxyl groups excluding tert-OH is 1. The highest BCUT2D eigenvalue weighted by Gasteiger charge is 2.46. The van der Waals surface area contributed by atoms with Crippen LogP contribution in [0.3, 0.4) is 0 Å². The quantitative estimate of drug-likeness (QED) is 0.502. The number of hydrogen-bond acceptors (Lipinski definition) is 6. The van der Waals surface area contributed by atoms with Gasteiger partial charge in [0.15, 0.2) is 11.9 Å². The van der Waals surface area contributed by atoms with Gasteiger partial charge >= 0.3 is 12.4 Å². The van der Waals surface area contributed by atoms with Crippen molar-refractivity contribution < 1.29 is 44.6 Å². The van der Waals surface area contributed by atoms with Crippen molar-refractivity contribution in [3.05, 3.63) is 11.7 Å². The molecule has 0 bridgehead atoms. The molecular formula is C15H20F9N5OS2. The summed E-state index contributed by atoms with van der Waals surface area (Å²) in [5.41, 5.74) is -0.679. The molecule has 1 heterocycles. The van der Waals surface area contributed by atoms with Crippen LogP contribution < -0.4 is 10.6 Å². The first-order valence-electron chi connectivity index (χ1n) is 8.39. The van der Waals surface area contributed by atoms with E-state index in [1.165, 1.54) is 0 Å². The molecule has 0 aromatic carbocycles. The minimum absolute atomic E-state index is 0. The maximum Gasteiger partial charge on any atom is 0.408 e. The number of alkyl halides is 8. The van der Waals surface area contributed by atoms with Crippen LogP contribution in [0.2, 0.25) is 0 Å². The lowest BCUT2D eigenvalue weighted by Gasteiger charge is -2.28. The maximum absolute atomic E-state index is 14.2. The van der Waals surface area contributed by atoms with E-state index in [-0.39, 0.29) is 27.0 Å². The molecule has 17 heteroatoms. The van der Waals surface area contributed by atoms with Crippen molar-refractivity contribution in [2.75, 3.05) is 10.6 Å². The Balaban J connectivity index is 0.00000480. The van der Waals surface area contributed by atoms with Crippen LogP contribution in [0.5, 0.6) is 0 Å². The van der Waals surface area contributed by atoms with Gasteiger partial charge in [-0.05, 0) is 20.3 Å². The monoisotopic (exact) mass is 521 g/mol. The Morgan fingerprint density at radius 3 is 1.69 bits per heavy atom. The van der Waals surface area contributed by atoms with Crippen LogP contribution in [0.15, 0.2) is 5.83 Å². The summed E-state index contributed by atoms with van der Waals surface area (Å²) in [4.78, 5) is 10.4. The summed E-state index contributed by atoms with van der Waals surface area (Å²) >= 11 is 0. The van der Waals surface area contributed by atoms with Crippen LogP contribution in [-0.4, -0.2) is 56.5 Å². The lowest BCUT2D eigenvalue weighted by molar-refractivity contribution is -0.139. The summed E-state index contributed by atoms with van der Waals surface area (Å²) in [6.07, 6.45) is -14.2. The first-order valence-corrected chi connectivity index (χ1v) is 8.39. The van der Waals surface area contributed by atoms with Gasteiger partial charge in [-0.2, -0.15) is 68.3 Å². The Morgan fingerprint density at radius 2 is 1.31 bits per heavy atom. The van der Waals surface area contributed by atoms with Crippen LogP contribution in [0.4, 0.5) is 51.4 Å². The molecule has 3 N–H and O–H groups in total. The number of allylic oxidation sites excluding steroid dienone is 1. The number of anilines is 2. The van der Waals surface area contributed by atoms with Crippen LogP contribution in [0, 0.1) is 0 Å². The Morgan fingerprint density at radius 1 is 0.906 bits per heavy atom. The van der Waals surface area contributed by atoms with E-state index >= 15 is 0 Å². The van der Waals surface area contributed by atoms with Gasteiger partial charge in [0.2, 0.25) is 11.9 Å². The molecule has 2 rings (SSSR count). The third-order valence-electron chi connectivity index (χ3n) is 4.22. The van der Waals surface area contributed by atoms with Gasteiger partial charge in [-0.1, -0.05) is 0 Å². The molecule has 186 valence electrons. The average molecular weight is 521 g/mol. The van der Waals surface area contributed by atoms with Gasteiger partial charge in [0.25, 0.3) is 5.92 Å². The van der Waals surface area contributed by atoms with Gasteiger partial charge in [0.05, 0.1) is 0 Å². The highest BCUT2D eigenvalue weighted by Crippen LogP contribution is 2.41. The van der Waals surface area contributed by atoms with E-state index in [0.717, 1.165) is 0 Å². The number of aliphatic hydroxyl groups is 1. The van der Waals surface area contributed by atoms with Crippen LogP contribution in [0.25, 0.3) is 5.57 Å². The number of hydrogen-bond donors (Lipinski definition) is 3. The van der Waals surface area contributed by atoms with E-state index in [9.17, 15) is 44.6 Å². The van der Waals surface area contributed by atoms with Crippen LogP contribution in [-0.2, 0) is 0 Å². The third kappa shape index (κ3) is 7.19. The fourth-order valence-electron chi connectivity index (χ4n) is 2.31. The van der Waals surface area contributed by atoms with Crippen molar-refractivity contribution >= 4 is 44.5 Å². The zero-order chi connectivity index (χ0) is 23.1. The van der Waals surface area contributed by atoms with Crippen LogP contribution >= 0.6 is 27.0 Å². The zero-order valence-electron chi connectivity index (χ0n) is 16.3. The second-order valence-electron chi connectivity index (χ2n) is 6.61. The molecule has 1 aliphatic rings. The van der Waals surface area contributed by atoms with E-state index < -0.39 is 78.4 Å². The number of nitrogens with one attached hydrogen (secondary N) is 2. The standard InChI is InChI=1S/C15H16F9N5O.2H2S/c1-5(14(19,20)21)25-11-27-10(7-3-4-13(17,18)9(30)8(7)16)28-12(29-11)26-6(2)15(22,23)24;;/h5-6,9,30H,3-4H2,1-2H3,(H2,25,26,27,28,29);2*1H2/t5-,6-,9?;;/m0../s1. The molecule has 0 amide bonds. The molecule has 1 unspecified atom stereocenters. The molecule has 0 saturated heterocycles. The Kier molecular flexibility index (Phi) is 10.0. The third-order valence-corrected chi connectivity index (χ3v) is 4.22. The predicted molar refractivity (Wildman–Crippen MR) is 107 cm³/mol. The highest BCUT2D eigenvalue weighted by atomic mass is 32.1. The van der Waals surface area contributed by atoms with E-state index in [2.05, 4.69) is 15.0 Å². The Hall–Kier alpha value is -1.62. The smallest absolute Gasteiger partial charge is 0.380 e.